The molecule has 156 valence electrons. The van der Waals surface area contributed by atoms with Crippen molar-refractivity contribution in [1.82, 2.24) is 14.8 Å². The highest BCUT2D eigenvalue weighted by molar-refractivity contribution is 7.13. The van der Waals surface area contributed by atoms with Crippen LogP contribution in [0, 0.1) is 13.8 Å². The van der Waals surface area contributed by atoms with Gasteiger partial charge in [0.05, 0.1) is 12.8 Å². The SMILES string of the molecule is COc1ccc(-c2nc(CN3CCN(C(=O)c4cccc(C)c4C)CC3)cs2)cc1. The summed E-state index contributed by atoms with van der Waals surface area (Å²) in [5, 5.41) is 3.16. The molecule has 3 aromatic rings. The second-order valence-electron chi connectivity index (χ2n) is 7.69. The van der Waals surface area contributed by atoms with E-state index in [9.17, 15) is 4.79 Å². The van der Waals surface area contributed by atoms with Gasteiger partial charge in [0.1, 0.15) is 10.8 Å². The predicted molar refractivity (Wildman–Crippen MR) is 121 cm³/mol. The summed E-state index contributed by atoms with van der Waals surface area (Å²) in [7, 11) is 1.67. The lowest BCUT2D eigenvalue weighted by molar-refractivity contribution is 0.0626. The third-order valence-corrected chi connectivity index (χ3v) is 6.71. The molecule has 0 bridgehead atoms. The van der Waals surface area contributed by atoms with Gasteiger partial charge in [0.15, 0.2) is 0 Å². The van der Waals surface area contributed by atoms with Crippen molar-refractivity contribution in [3.8, 4) is 16.3 Å². The van der Waals surface area contributed by atoms with E-state index in [0.717, 1.165) is 71.4 Å². The molecule has 0 atom stereocenters. The third kappa shape index (κ3) is 4.40. The molecule has 1 aliphatic rings. The molecular weight excluding hydrogens is 394 g/mol. The van der Waals surface area contributed by atoms with Crippen molar-refractivity contribution < 1.29 is 9.53 Å². The number of ether oxygens (including phenoxy) is 1. The van der Waals surface area contributed by atoms with Crippen molar-refractivity contribution in [3.63, 3.8) is 0 Å². The fourth-order valence-electron chi connectivity index (χ4n) is 3.74. The summed E-state index contributed by atoms with van der Waals surface area (Å²) in [5.74, 6) is 0.995. The fraction of sp³-hybridized carbons (Fsp3) is 0.333. The topological polar surface area (TPSA) is 45.7 Å². The standard InChI is InChI=1S/C24H27N3O2S/c1-17-5-4-6-22(18(17)2)24(28)27-13-11-26(12-14-27)15-20-16-30-23(25-20)19-7-9-21(29-3)10-8-19/h4-10,16H,11-15H2,1-3H3. The third-order valence-electron chi connectivity index (χ3n) is 5.77. The van der Waals surface area contributed by atoms with E-state index in [1.54, 1.807) is 18.4 Å². The normalized spacial score (nSPS) is 14.7. The number of hydrogen-bond acceptors (Lipinski definition) is 5. The predicted octanol–water partition coefficient (Wildman–Crippen LogP) is 4.39. The van der Waals surface area contributed by atoms with Gasteiger partial charge in [-0.2, -0.15) is 0 Å². The van der Waals surface area contributed by atoms with Crippen LogP contribution in [0.15, 0.2) is 47.8 Å². The van der Waals surface area contributed by atoms with E-state index in [1.807, 2.05) is 48.2 Å². The average molecular weight is 422 g/mol. The number of rotatable bonds is 5. The summed E-state index contributed by atoms with van der Waals surface area (Å²) in [6.07, 6.45) is 0. The molecule has 2 heterocycles. The maximum absolute atomic E-state index is 12.9. The number of methoxy groups -OCH3 is 1. The van der Waals surface area contributed by atoms with E-state index in [4.69, 9.17) is 9.72 Å². The maximum atomic E-state index is 12.9. The largest absolute Gasteiger partial charge is 0.497 e. The van der Waals surface area contributed by atoms with Crippen molar-refractivity contribution in [2.75, 3.05) is 33.3 Å². The monoisotopic (exact) mass is 421 g/mol. The number of hydrogen-bond donors (Lipinski definition) is 0. The van der Waals surface area contributed by atoms with E-state index in [1.165, 1.54) is 0 Å². The number of aryl methyl sites for hydroxylation is 1. The van der Waals surface area contributed by atoms with E-state index >= 15 is 0 Å². The number of carbonyl (C=O) groups excluding carboxylic acids is 1. The van der Waals surface area contributed by atoms with Crippen LogP contribution < -0.4 is 4.74 Å². The Morgan fingerprint density at radius 2 is 1.80 bits per heavy atom. The van der Waals surface area contributed by atoms with Gasteiger partial charge >= 0.3 is 0 Å². The highest BCUT2D eigenvalue weighted by Gasteiger charge is 2.24. The van der Waals surface area contributed by atoms with E-state index < -0.39 is 0 Å². The Morgan fingerprint density at radius 1 is 1.07 bits per heavy atom. The number of aromatic nitrogens is 1. The Labute approximate surface area is 181 Å². The lowest BCUT2D eigenvalue weighted by atomic mass is 10.0. The molecule has 0 N–H and O–H groups in total. The summed E-state index contributed by atoms with van der Waals surface area (Å²) >= 11 is 1.67. The first kappa shape index (κ1) is 20.6. The zero-order valence-corrected chi connectivity index (χ0v) is 18.5. The Hall–Kier alpha value is -2.70. The molecule has 0 aliphatic carbocycles. The van der Waals surface area contributed by atoms with Gasteiger partial charge in [-0.15, -0.1) is 11.3 Å². The second-order valence-corrected chi connectivity index (χ2v) is 8.55. The highest BCUT2D eigenvalue weighted by atomic mass is 32.1. The molecule has 0 spiro atoms. The van der Waals surface area contributed by atoms with Gasteiger partial charge < -0.3 is 9.64 Å². The molecule has 5 nitrogen and oxygen atoms in total. The maximum Gasteiger partial charge on any atom is 0.254 e. The number of amides is 1. The van der Waals surface area contributed by atoms with Crippen LogP contribution in [-0.4, -0.2) is 54.0 Å². The van der Waals surface area contributed by atoms with Gasteiger partial charge in [0.25, 0.3) is 5.91 Å². The van der Waals surface area contributed by atoms with Crippen LogP contribution in [0.4, 0.5) is 0 Å². The molecule has 0 saturated carbocycles. The molecule has 2 aromatic carbocycles. The first-order valence-corrected chi connectivity index (χ1v) is 11.1. The number of thiazole rings is 1. The quantitative estimate of drug-likeness (QED) is 0.613. The van der Waals surface area contributed by atoms with Crippen LogP contribution in [-0.2, 0) is 6.54 Å². The molecule has 1 aromatic heterocycles. The van der Waals surface area contributed by atoms with Crippen LogP contribution >= 0.6 is 11.3 Å². The zero-order chi connectivity index (χ0) is 21.1. The van der Waals surface area contributed by atoms with Gasteiger partial charge in [-0.05, 0) is 55.3 Å². The summed E-state index contributed by atoms with van der Waals surface area (Å²) < 4.78 is 5.23. The molecule has 0 radical (unpaired) electrons. The van der Waals surface area contributed by atoms with Crippen molar-refractivity contribution >= 4 is 17.2 Å². The Balaban J connectivity index is 1.34. The minimum Gasteiger partial charge on any atom is -0.497 e. The van der Waals surface area contributed by atoms with Crippen LogP contribution in [0.25, 0.3) is 10.6 Å². The van der Waals surface area contributed by atoms with Crippen LogP contribution in [0.5, 0.6) is 5.75 Å². The minimum absolute atomic E-state index is 0.145. The molecule has 4 rings (SSSR count). The Bertz CT molecular complexity index is 1020. The number of benzene rings is 2. The molecule has 0 unspecified atom stereocenters. The van der Waals surface area contributed by atoms with Crippen molar-refractivity contribution in [2.24, 2.45) is 0 Å². The molecule has 1 saturated heterocycles. The zero-order valence-electron chi connectivity index (χ0n) is 17.7. The summed E-state index contributed by atoms with van der Waals surface area (Å²) in [4.78, 5) is 22.1. The Morgan fingerprint density at radius 3 is 2.50 bits per heavy atom. The highest BCUT2D eigenvalue weighted by Crippen LogP contribution is 2.26. The summed E-state index contributed by atoms with van der Waals surface area (Å²) in [6.45, 7) is 8.14. The van der Waals surface area contributed by atoms with Crippen molar-refractivity contribution in [3.05, 3.63) is 70.2 Å². The number of carbonyl (C=O) groups is 1. The van der Waals surface area contributed by atoms with Crippen molar-refractivity contribution in [1.29, 1.82) is 0 Å². The number of piperazine rings is 1. The van der Waals surface area contributed by atoms with Crippen LogP contribution in [0.1, 0.15) is 27.2 Å². The van der Waals surface area contributed by atoms with Gasteiger partial charge in [0, 0.05) is 49.2 Å². The summed E-state index contributed by atoms with van der Waals surface area (Å²) in [6, 6.07) is 14.0. The van der Waals surface area contributed by atoms with E-state index in [-0.39, 0.29) is 5.91 Å². The molecule has 1 fully saturated rings. The molecule has 6 heteroatoms. The van der Waals surface area contributed by atoms with Gasteiger partial charge in [-0.3, -0.25) is 9.69 Å². The minimum atomic E-state index is 0.145. The average Bonchev–Trinajstić information content (AvgIpc) is 3.24. The van der Waals surface area contributed by atoms with E-state index in [0.29, 0.717) is 0 Å². The molecular formula is C24H27N3O2S. The molecule has 1 aliphatic heterocycles. The lowest BCUT2D eigenvalue weighted by Crippen LogP contribution is -2.48. The van der Waals surface area contributed by atoms with E-state index in [2.05, 4.69) is 23.3 Å². The lowest BCUT2D eigenvalue weighted by Gasteiger charge is -2.34. The van der Waals surface area contributed by atoms with Crippen LogP contribution in [0.2, 0.25) is 0 Å². The smallest absolute Gasteiger partial charge is 0.254 e. The first-order valence-electron chi connectivity index (χ1n) is 10.2. The Kier molecular flexibility index (Phi) is 6.16. The second kappa shape index (κ2) is 8.98. The van der Waals surface area contributed by atoms with Gasteiger partial charge in [-0.25, -0.2) is 4.98 Å². The van der Waals surface area contributed by atoms with Gasteiger partial charge in [0.2, 0.25) is 0 Å². The molecule has 30 heavy (non-hydrogen) atoms. The van der Waals surface area contributed by atoms with Gasteiger partial charge in [-0.1, -0.05) is 12.1 Å². The first-order chi connectivity index (χ1) is 14.5. The van der Waals surface area contributed by atoms with Crippen LogP contribution in [0.3, 0.4) is 0 Å². The molecule has 1 amide bonds. The fourth-order valence-corrected chi connectivity index (χ4v) is 4.55. The number of nitrogens with zero attached hydrogens (tertiary/aromatic N) is 3. The van der Waals surface area contributed by atoms with Crippen molar-refractivity contribution in [2.45, 2.75) is 20.4 Å². The summed E-state index contributed by atoms with van der Waals surface area (Å²) in [5.41, 5.74) is 5.26.